The van der Waals surface area contributed by atoms with E-state index in [0.29, 0.717) is 6.04 Å². The third kappa shape index (κ3) is 3.06. The Kier molecular flexibility index (Phi) is 5.05. The van der Waals surface area contributed by atoms with Crippen LogP contribution in [-0.4, -0.2) is 49.3 Å². The minimum atomic E-state index is 0.162. The maximum absolute atomic E-state index is 6.10. The Hall–Kier alpha value is -0.120. The van der Waals surface area contributed by atoms with E-state index in [2.05, 4.69) is 31.1 Å². The van der Waals surface area contributed by atoms with E-state index >= 15 is 0 Å². The molecule has 106 valence electrons. The van der Waals surface area contributed by atoms with Crippen molar-refractivity contribution >= 4 is 0 Å². The zero-order chi connectivity index (χ0) is 13.0. The van der Waals surface area contributed by atoms with Gasteiger partial charge in [-0.2, -0.15) is 0 Å². The van der Waals surface area contributed by atoms with Crippen molar-refractivity contribution in [2.24, 2.45) is 0 Å². The molecular weight excluding hydrogens is 224 g/mol. The molecular formula is C15H30N2O. The van der Waals surface area contributed by atoms with Crippen molar-refractivity contribution in [3.8, 4) is 0 Å². The second-order valence-corrected chi connectivity index (χ2v) is 6.01. The number of ether oxygens (including phenoxy) is 1. The Balaban J connectivity index is 1.95. The quantitative estimate of drug-likeness (QED) is 0.834. The van der Waals surface area contributed by atoms with E-state index in [-0.39, 0.29) is 5.60 Å². The van der Waals surface area contributed by atoms with Gasteiger partial charge in [0.2, 0.25) is 0 Å². The Labute approximate surface area is 112 Å². The molecule has 0 radical (unpaired) electrons. The van der Waals surface area contributed by atoms with Gasteiger partial charge in [-0.25, -0.2) is 0 Å². The first-order valence-electron chi connectivity index (χ1n) is 7.78. The van der Waals surface area contributed by atoms with Crippen LogP contribution in [0.1, 0.15) is 52.4 Å². The minimum absolute atomic E-state index is 0.162. The molecule has 2 unspecified atom stereocenters. The molecule has 2 fully saturated rings. The van der Waals surface area contributed by atoms with Crippen LogP contribution in [0, 0.1) is 0 Å². The number of nitrogens with one attached hydrogen (secondary N) is 1. The Morgan fingerprint density at radius 1 is 1.28 bits per heavy atom. The van der Waals surface area contributed by atoms with Gasteiger partial charge in [-0.15, -0.1) is 0 Å². The lowest BCUT2D eigenvalue weighted by Gasteiger charge is -2.46. The van der Waals surface area contributed by atoms with E-state index in [1.165, 1.54) is 38.8 Å². The van der Waals surface area contributed by atoms with Crippen LogP contribution < -0.4 is 5.32 Å². The summed E-state index contributed by atoms with van der Waals surface area (Å²) in [5.41, 5.74) is 0.162. The zero-order valence-corrected chi connectivity index (χ0v) is 12.4. The molecule has 2 atom stereocenters. The first-order valence-corrected chi connectivity index (χ1v) is 7.78. The highest BCUT2D eigenvalue weighted by molar-refractivity contribution is 4.91. The van der Waals surface area contributed by atoms with Gasteiger partial charge in [0.05, 0.1) is 5.60 Å². The monoisotopic (exact) mass is 254 g/mol. The van der Waals surface area contributed by atoms with Gasteiger partial charge in [0, 0.05) is 25.2 Å². The molecule has 3 heteroatoms. The van der Waals surface area contributed by atoms with Gasteiger partial charge in [-0.1, -0.05) is 13.8 Å². The molecule has 18 heavy (non-hydrogen) atoms. The summed E-state index contributed by atoms with van der Waals surface area (Å²) in [6, 6.07) is 1.44. The largest absolute Gasteiger partial charge is 0.375 e. The number of hydrogen-bond donors (Lipinski definition) is 1. The second-order valence-electron chi connectivity index (χ2n) is 6.01. The van der Waals surface area contributed by atoms with Gasteiger partial charge in [-0.05, 0) is 52.1 Å². The summed E-state index contributed by atoms with van der Waals surface area (Å²) < 4.78 is 6.10. The van der Waals surface area contributed by atoms with Crippen LogP contribution in [0.3, 0.4) is 0 Å². The van der Waals surface area contributed by atoms with Crippen LogP contribution in [0.25, 0.3) is 0 Å². The van der Waals surface area contributed by atoms with E-state index in [9.17, 15) is 0 Å². The molecule has 2 rings (SSSR count). The average molecular weight is 254 g/mol. The normalized spacial score (nSPS) is 33.5. The van der Waals surface area contributed by atoms with Crippen molar-refractivity contribution in [3.63, 3.8) is 0 Å². The molecule has 0 saturated carbocycles. The highest BCUT2D eigenvalue weighted by Gasteiger charge is 2.37. The first-order chi connectivity index (χ1) is 8.73. The van der Waals surface area contributed by atoms with Crippen LogP contribution in [0.5, 0.6) is 0 Å². The number of nitrogens with zero attached hydrogens (tertiary/aromatic N) is 1. The summed E-state index contributed by atoms with van der Waals surface area (Å²) in [5, 5.41) is 3.45. The molecule has 1 N–H and O–H groups in total. The van der Waals surface area contributed by atoms with Gasteiger partial charge < -0.3 is 10.1 Å². The fourth-order valence-electron chi connectivity index (χ4n) is 3.63. The number of rotatable bonds is 4. The molecule has 0 aromatic carbocycles. The highest BCUT2D eigenvalue weighted by Crippen LogP contribution is 2.34. The molecule has 0 spiro atoms. The van der Waals surface area contributed by atoms with E-state index in [4.69, 9.17) is 4.74 Å². The molecule has 2 heterocycles. The van der Waals surface area contributed by atoms with E-state index < -0.39 is 0 Å². The minimum Gasteiger partial charge on any atom is -0.375 e. The highest BCUT2D eigenvalue weighted by atomic mass is 16.5. The van der Waals surface area contributed by atoms with Crippen molar-refractivity contribution in [2.45, 2.75) is 70.1 Å². The van der Waals surface area contributed by atoms with Gasteiger partial charge in [0.25, 0.3) is 0 Å². The van der Waals surface area contributed by atoms with Crippen LogP contribution in [0.2, 0.25) is 0 Å². The van der Waals surface area contributed by atoms with Crippen molar-refractivity contribution < 1.29 is 4.74 Å². The van der Waals surface area contributed by atoms with Crippen LogP contribution >= 0.6 is 0 Å². The summed E-state index contributed by atoms with van der Waals surface area (Å²) in [4.78, 5) is 2.72. The predicted octanol–water partition coefficient (Wildman–Crippen LogP) is 2.41. The Morgan fingerprint density at radius 3 is 2.72 bits per heavy atom. The number of likely N-dealkylation sites (tertiary alicyclic amines) is 1. The lowest BCUT2D eigenvalue weighted by Crippen LogP contribution is -2.53. The van der Waals surface area contributed by atoms with Crippen molar-refractivity contribution in [2.75, 3.05) is 26.7 Å². The standard InChI is InChI=1S/C15H30N2O/c1-4-15(5-2)11-14(8-10-18-15)17-9-6-7-13(12-17)16-3/h13-14,16H,4-12H2,1-3H3. The third-order valence-corrected chi connectivity index (χ3v) is 5.13. The van der Waals surface area contributed by atoms with Gasteiger partial charge >= 0.3 is 0 Å². The van der Waals surface area contributed by atoms with Crippen molar-refractivity contribution in [3.05, 3.63) is 0 Å². The lowest BCUT2D eigenvalue weighted by atomic mass is 9.84. The second kappa shape index (κ2) is 6.36. The van der Waals surface area contributed by atoms with Crippen molar-refractivity contribution in [1.29, 1.82) is 0 Å². The molecule has 0 amide bonds. The summed E-state index contributed by atoms with van der Waals surface area (Å²) in [5.74, 6) is 0. The predicted molar refractivity (Wildman–Crippen MR) is 75.9 cm³/mol. The lowest BCUT2D eigenvalue weighted by molar-refractivity contribution is -0.112. The Morgan fingerprint density at radius 2 is 2.06 bits per heavy atom. The molecule has 0 aromatic rings. The first kappa shape index (κ1) is 14.3. The van der Waals surface area contributed by atoms with Crippen LogP contribution in [-0.2, 0) is 4.74 Å². The van der Waals surface area contributed by atoms with Gasteiger partial charge in [-0.3, -0.25) is 4.90 Å². The van der Waals surface area contributed by atoms with Gasteiger partial charge in [0.1, 0.15) is 0 Å². The fraction of sp³-hybridized carbons (Fsp3) is 1.00. The Bertz CT molecular complexity index is 253. The molecule has 3 nitrogen and oxygen atoms in total. The molecule has 2 aliphatic heterocycles. The molecule has 0 aromatic heterocycles. The third-order valence-electron chi connectivity index (χ3n) is 5.13. The molecule has 0 aliphatic carbocycles. The summed E-state index contributed by atoms with van der Waals surface area (Å²) in [6.07, 6.45) is 7.44. The zero-order valence-electron chi connectivity index (χ0n) is 12.4. The van der Waals surface area contributed by atoms with E-state index in [1.54, 1.807) is 0 Å². The molecule has 0 bridgehead atoms. The van der Waals surface area contributed by atoms with Gasteiger partial charge in [0.15, 0.2) is 0 Å². The maximum atomic E-state index is 6.10. The smallest absolute Gasteiger partial charge is 0.0692 e. The fourth-order valence-corrected chi connectivity index (χ4v) is 3.63. The van der Waals surface area contributed by atoms with Crippen LogP contribution in [0.15, 0.2) is 0 Å². The number of likely N-dealkylation sites (N-methyl/N-ethyl adjacent to an activating group) is 1. The topological polar surface area (TPSA) is 24.5 Å². The number of hydrogen-bond acceptors (Lipinski definition) is 3. The maximum Gasteiger partial charge on any atom is 0.0692 e. The summed E-state index contributed by atoms with van der Waals surface area (Å²) in [6.45, 7) is 8.01. The number of piperidine rings is 1. The van der Waals surface area contributed by atoms with Crippen LogP contribution in [0.4, 0.5) is 0 Å². The summed E-state index contributed by atoms with van der Waals surface area (Å²) >= 11 is 0. The average Bonchev–Trinajstić information content (AvgIpc) is 2.47. The molecule has 2 aliphatic rings. The molecule has 2 saturated heterocycles. The van der Waals surface area contributed by atoms with E-state index in [0.717, 1.165) is 25.5 Å². The van der Waals surface area contributed by atoms with Crippen molar-refractivity contribution in [1.82, 2.24) is 10.2 Å². The summed E-state index contributed by atoms with van der Waals surface area (Å²) in [7, 11) is 2.10. The van der Waals surface area contributed by atoms with E-state index in [1.807, 2.05) is 0 Å². The SMILES string of the molecule is CCC1(CC)CC(N2CCCC(NC)C2)CCO1.